The monoisotopic (exact) mass is 226 g/mol. The minimum atomic E-state index is -0.630. The molecular formula is C10H6N6O. The predicted molar refractivity (Wildman–Crippen MR) is 60.6 cm³/mol. The Labute approximate surface area is 94.9 Å². The lowest BCUT2D eigenvalue weighted by molar-refractivity contribution is 1.21. The molecule has 0 aromatic carbocycles. The molecule has 0 aliphatic carbocycles. The summed E-state index contributed by atoms with van der Waals surface area (Å²) in [6.45, 7) is 0. The van der Waals surface area contributed by atoms with Gasteiger partial charge < -0.3 is 16.5 Å². The molecule has 0 saturated heterocycles. The van der Waals surface area contributed by atoms with Crippen LogP contribution in [0.1, 0.15) is 11.1 Å². The number of H-pyrrole nitrogens is 1. The molecule has 0 amide bonds. The third kappa shape index (κ3) is 1.43. The number of nitrogens with one attached hydrogen (secondary N) is 1. The number of aromatic nitrogens is 2. The topological polar surface area (TPSA) is 145 Å². The van der Waals surface area contributed by atoms with Crippen molar-refractivity contribution in [3.8, 4) is 12.1 Å². The summed E-state index contributed by atoms with van der Waals surface area (Å²) < 4.78 is 0. The average Bonchev–Trinajstić information content (AvgIpc) is 2.29. The Morgan fingerprint density at radius 1 is 1.29 bits per heavy atom. The lowest BCUT2D eigenvalue weighted by Gasteiger charge is -2.04. The van der Waals surface area contributed by atoms with E-state index in [2.05, 4.69) is 9.97 Å². The van der Waals surface area contributed by atoms with Crippen LogP contribution in [0, 0.1) is 22.7 Å². The number of hydrogen-bond donors (Lipinski definition) is 3. The molecule has 2 heterocycles. The fourth-order valence-electron chi connectivity index (χ4n) is 1.46. The first-order valence-corrected chi connectivity index (χ1v) is 4.50. The van der Waals surface area contributed by atoms with Gasteiger partial charge in [0.25, 0.3) is 5.56 Å². The zero-order valence-electron chi connectivity index (χ0n) is 8.48. The molecule has 5 N–H and O–H groups in total. The second-order valence-corrected chi connectivity index (χ2v) is 3.28. The van der Waals surface area contributed by atoms with Gasteiger partial charge in [0.1, 0.15) is 29.2 Å². The van der Waals surface area contributed by atoms with Crippen LogP contribution < -0.4 is 17.0 Å². The number of pyridine rings is 2. The van der Waals surface area contributed by atoms with Gasteiger partial charge in [0.15, 0.2) is 0 Å². The second kappa shape index (κ2) is 3.51. The summed E-state index contributed by atoms with van der Waals surface area (Å²) >= 11 is 0. The van der Waals surface area contributed by atoms with Crippen LogP contribution in [0.4, 0.5) is 11.5 Å². The van der Waals surface area contributed by atoms with Crippen molar-refractivity contribution < 1.29 is 0 Å². The number of nitrogens with two attached hydrogens (primary N) is 2. The first kappa shape index (κ1) is 10.5. The minimum absolute atomic E-state index is 0.000224. The minimum Gasteiger partial charge on any atom is -0.397 e. The van der Waals surface area contributed by atoms with Gasteiger partial charge in [-0.25, -0.2) is 4.98 Å². The van der Waals surface area contributed by atoms with E-state index in [1.165, 1.54) is 6.07 Å². The summed E-state index contributed by atoms with van der Waals surface area (Å²) in [5.41, 5.74) is 10.6. The molecule has 2 aromatic heterocycles. The van der Waals surface area contributed by atoms with Gasteiger partial charge in [-0.1, -0.05) is 0 Å². The van der Waals surface area contributed by atoms with Crippen molar-refractivity contribution in [1.29, 1.82) is 10.5 Å². The SMILES string of the molecule is N#Cc1cc2c(N)c(C#N)c(=O)[nH]c2nc1N. The molecule has 0 unspecified atom stereocenters. The summed E-state index contributed by atoms with van der Waals surface area (Å²) in [6.07, 6.45) is 0. The average molecular weight is 226 g/mol. The van der Waals surface area contributed by atoms with E-state index in [1.54, 1.807) is 6.07 Å². The Kier molecular flexibility index (Phi) is 2.16. The fourth-order valence-corrected chi connectivity index (χ4v) is 1.46. The first-order chi connectivity index (χ1) is 8.08. The highest BCUT2D eigenvalue weighted by atomic mass is 16.1. The maximum Gasteiger partial charge on any atom is 0.269 e. The second-order valence-electron chi connectivity index (χ2n) is 3.28. The molecule has 0 bridgehead atoms. The van der Waals surface area contributed by atoms with Crippen LogP contribution in [0.25, 0.3) is 11.0 Å². The van der Waals surface area contributed by atoms with Crippen LogP contribution in [0.3, 0.4) is 0 Å². The number of fused-ring (bicyclic) bond motifs is 1. The maximum atomic E-state index is 11.4. The number of nitrogen functional groups attached to an aromatic ring is 2. The van der Waals surface area contributed by atoms with E-state index in [4.69, 9.17) is 22.0 Å². The van der Waals surface area contributed by atoms with E-state index < -0.39 is 5.56 Å². The Balaban J connectivity index is 3.01. The molecule has 7 nitrogen and oxygen atoms in total. The van der Waals surface area contributed by atoms with Gasteiger partial charge >= 0.3 is 0 Å². The standard InChI is InChI=1S/C10H6N6O/c11-2-4-1-5-7(13)6(3-12)10(17)16-9(5)15-8(4)14/h1H,(H5,13,14,15,16,17). The van der Waals surface area contributed by atoms with Gasteiger partial charge in [0.05, 0.1) is 11.3 Å². The normalized spacial score (nSPS) is 9.76. The fraction of sp³-hybridized carbons (Fsp3) is 0. The summed E-state index contributed by atoms with van der Waals surface area (Å²) in [5, 5.41) is 17.9. The van der Waals surface area contributed by atoms with Gasteiger partial charge in [-0.2, -0.15) is 10.5 Å². The van der Waals surface area contributed by atoms with Crippen molar-refractivity contribution in [3.05, 3.63) is 27.5 Å². The number of rotatable bonds is 0. The maximum absolute atomic E-state index is 11.4. The molecule has 2 rings (SSSR count). The number of hydrogen-bond acceptors (Lipinski definition) is 6. The van der Waals surface area contributed by atoms with E-state index in [0.29, 0.717) is 5.39 Å². The molecule has 82 valence electrons. The molecule has 17 heavy (non-hydrogen) atoms. The van der Waals surface area contributed by atoms with E-state index in [9.17, 15) is 4.79 Å². The van der Waals surface area contributed by atoms with Gasteiger partial charge in [0, 0.05) is 5.39 Å². The Morgan fingerprint density at radius 3 is 2.59 bits per heavy atom. The number of nitrogens with zero attached hydrogens (tertiary/aromatic N) is 3. The zero-order valence-corrected chi connectivity index (χ0v) is 8.48. The van der Waals surface area contributed by atoms with E-state index >= 15 is 0 Å². The first-order valence-electron chi connectivity index (χ1n) is 4.50. The van der Waals surface area contributed by atoms with E-state index in [1.807, 2.05) is 6.07 Å². The van der Waals surface area contributed by atoms with Crippen LogP contribution in [-0.2, 0) is 0 Å². The number of anilines is 2. The molecule has 0 aliphatic heterocycles. The molecule has 0 spiro atoms. The van der Waals surface area contributed by atoms with Crippen molar-refractivity contribution in [2.24, 2.45) is 0 Å². The smallest absolute Gasteiger partial charge is 0.269 e. The molecular weight excluding hydrogens is 220 g/mol. The van der Waals surface area contributed by atoms with Crippen LogP contribution in [-0.4, -0.2) is 9.97 Å². The van der Waals surface area contributed by atoms with Gasteiger partial charge in [-0.3, -0.25) is 4.79 Å². The zero-order chi connectivity index (χ0) is 12.6. The quantitative estimate of drug-likeness (QED) is 0.568. The van der Waals surface area contributed by atoms with Crippen molar-refractivity contribution in [3.63, 3.8) is 0 Å². The Morgan fingerprint density at radius 2 is 2.00 bits per heavy atom. The molecule has 0 aliphatic rings. The number of nitriles is 2. The lowest BCUT2D eigenvalue weighted by Crippen LogP contribution is -2.14. The van der Waals surface area contributed by atoms with Crippen LogP contribution in [0.5, 0.6) is 0 Å². The van der Waals surface area contributed by atoms with Gasteiger partial charge in [-0.15, -0.1) is 0 Å². The number of aromatic amines is 1. The van der Waals surface area contributed by atoms with Gasteiger partial charge in [-0.05, 0) is 6.07 Å². The van der Waals surface area contributed by atoms with Crippen LogP contribution >= 0.6 is 0 Å². The van der Waals surface area contributed by atoms with E-state index in [0.717, 1.165) is 0 Å². The highest BCUT2D eigenvalue weighted by molar-refractivity contribution is 5.92. The van der Waals surface area contributed by atoms with Crippen molar-refractivity contribution in [1.82, 2.24) is 9.97 Å². The molecule has 0 fully saturated rings. The van der Waals surface area contributed by atoms with Crippen LogP contribution in [0.2, 0.25) is 0 Å². The van der Waals surface area contributed by atoms with Crippen molar-refractivity contribution in [2.75, 3.05) is 11.5 Å². The Bertz CT molecular complexity index is 761. The molecule has 0 saturated carbocycles. The summed E-state index contributed by atoms with van der Waals surface area (Å²) in [5.74, 6) is -0.000224. The summed E-state index contributed by atoms with van der Waals surface area (Å²) in [4.78, 5) is 17.7. The third-order valence-electron chi connectivity index (χ3n) is 2.30. The Hall–Kier alpha value is -3.06. The molecule has 0 atom stereocenters. The summed E-state index contributed by atoms with van der Waals surface area (Å²) in [7, 11) is 0. The predicted octanol–water partition coefficient (Wildman–Crippen LogP) is -0.169. The third-order valence-corrected chi connectivity index (χ3v) is 2.30. The van der Waals surface area contributed by atoms with Crippen molar-refractivity contribution in [2.45, 2.75) is 0 Å². The molecule has 2 aromatic rings. The largest absolute Gasteiger partial charge is 0.397 e. The van der Waals surface area contributed by atoms with Crippen molar-refractivity contribution >= 4 is 22.5 Å². The highest BCUT2D eigenvalue weighted by Gasteiger charge is 2.12. The molecule has 0 radical (unpaired) electrons. The highest BCUT2D eigenvalue weighted by Crippen LogP contribution is 2.22. The van der Waals surface area contributed by atoms with E-state index in [-0.39, 0.29) is 28.3 Å². The van der Waals surface area contributed by atoms with Crippen LogP contribution in [0.15, 0.2) is 10.9 Å². The van der Waals surface area contributed by atoms with Gasteiger partial charge in [0.2, 0.25) is 0 Å². The lowest BCUT2D eigenvalue weighted by atomic mass is 10.1. The summed E-state index contributed by atoms with van der Waals surface area (Å²) in [6, 6.07) is 4.94. The molecule has 7 heteroatoms.